The van der Waals surface area contributed by atoms with E-state index in [-0.39, 0.29) is 17.2 Å². The largest absolute Gasteiger partial charge is 0.384 e. The summed E-state index contributed by atoms with van der Waals surface area (Å²) in [6.07, 6.45) is 3.85. The van der Waals surface area contributed by atoms with Crippen LogP contribution in [0.3, 0.4) is 0 Å². The third-order valence-electron chi connectivity index (χ3n) is 5.84. The monoisotopic (exact) mass is 461 g/mol. The Morgan fingerprint density at radius 2 is 1.81 bits per heavy atom. The molecule has 1 fully saturated rings. The van der Waals surface area contributed by atoms with Crippen LogP contribution in [0.5, 0.6) is 0 Å². The Bertz CT molecular complexity index is 938. The average Bonchev–Trinajstić information content (AvgIpc) is 2.78. The molecule has 0 unspecified atom stereocenters. The van der Waals surface area contributed by atoms with Crippen molar-refractivity contribution in [1.29, 1.82) is 0 Å². The topological polar surface area (TPSA) is 136 Å². The van der Waals surface area contributed by atoms with Crippen LogP contribution in [0.1, 0.15) is 25.7 Å². The van der Waals surface area contributed by atoms with Gasteiger partial charge in [-0.3, -0.25) is 5.73 Å². The van der Waals surface area contributed by atoms with Crippen molar-refractivity contribution in [3.63, 3.8) is 0 Å². The molecule has 0 spiro atoms. The van der Waals surface area contributed by atoms with Gasteiger partial charge in [-0.1, -0.05) is 11.6 Å². The van der Waals surface area contributed by atoms with Gasteiger partial charge in [0.05, 0.1) is 5.57 Å². The number of nitrogens with two attached hydrogens (primary N) is 3. The minimum Gasteiger partial charge on any atom is -0.384 e. The molecule has 7 nitrogen and oxygen atoms in total. The van der Waals surface area contributed by atoms with Crippen LogP contribution in [0.15, 0.2) is 60.3 Å². The van der Waals surface area contributed by atoms with Gasteiger partial charge in [0.15, 0.2) is 0 Å². The molecule has 3 rings (SSSR count). The van der Waals surface area contributed by atoms with Crippen molar-refractivity contribution in [2.45, 2.75) is 43.5 Å². The third-order valence-corrected chi connectivity index (χ3v) is 6.09. The van der Waals surface area contributed by atoms with Crippen LogP contribution in [0.25, 0.3) is 0 Å². The van der Waals surface area contributed by atoms with Gasteiger partial charge in [-0.15, -0.1) is 0 Å². The maximum absolute atomic E-state index is 13.1. The minimum absolute atomic E-state index is 0.171. The van der Waals surface area contributed by atoms with E-state index in [1.54, 1.807) is 18.3 Å². The molecule has 1 saturated carbocycles. The number of nitrogens with one attached hydrogen (secondary N) is 3. The molecule has 0 radical (unpaired) electrons. The number of aliphatic hydroxyl groups is 1. The van der Waals surface area contributed by atoms with Gasteiger partial charge in [0, 0.05) is 35.0 Å². The Morgan fingerprint density at radius 3 is 2.38 bits per heavy atom. The predicted octanol–water partition coefficient (Wildman–Crippen LogP) is 1.05. The Morgan fingerprint density at radius 1 is 1.19 bits per heavy atom. The van der Waals surface area contributed by atoms with Crippen LogP contribution >= 0.6 is 11.6 Å². The van der Waals surface area contributed by atoms with Crippen LogP contribution in [-0.4, -0.2) is 35.3 Å². The first-order valence-corrected chi connectivity index (χ1v) is 11.0. The third kappa shape index (κ3) is 6.43. The van der Waals surface area contributed by atoms with Crippen LogP contribution in [-0.2, 0) is 0 Å². The zero-order valence-electron chi connectivity index (χ0n) is 17.8. The molecular weight excluding hydrogens is 431 g/mol. The highest BCUT2D eigenvalue weighted by Crippen LogP contribution is 2.30. The van der Waals surface area contributed by atoms with Crippen molar-refractivity contribution < 1.29 is 14.5 Å². The summed E-state index contributed by atoms with van der Waals surface area (Å²) in [6, 6.07) is 13.7. The van der Waals surface area contributed by atoms with Crippen molar-refractivity contribution >= 4 is 28.8 Å². The quantitative estimate of drug-likeness (QED) is 0.178. The lowest BCUT2D eigenvalue weighted by atomic mass is 9.79. The molecule has 172 valence electrons. The van der Waals surface area contributed by atoms with E-state index in [1.165, 1.54) is 12.1 Å². The summed E-state index contributed by atoms with van der Waals surface area (Å²) in [5.41, 5.74) is 19.6. The van der Waals surface area contributed by atoms with E-state index in [0.717, 1.165) is 31.4 Å². The number of hydrogen-bond donors (Lipinski definition) is 7. The molecule has 1 atom stereocenters. The normalized spacial score (nSPS) is 23.0. The number of hydrogen-bond acceptors (Lipinski definition) is 5. The summed E-state index contributed by atoms with van der Waals surface area (Å²) in [5.74, 6) is -0.180. The smallest absolute Gasteiger partial charge is 0.279 e. The van der Waals surface area contributed by atoms with Gasteiger partial charge in [0.1, 0.15) is 17.7 Å². The number of aliphatic hydroxyl groups excluding tert-OH is 1. The summed E-state index contributed by atoms with van der Waals surface area (Å²) in [6.45, 7) is 0.427. The summed E-state index contributed by atoms with van der Waals surface area (Å²) < 4.78 is 13.1. The zero-order valence-corrected chi connectivity index (χ0v) is 18.6. The Kier molecular flexibility index (Phi) is 8.09. The molecule has 0 aromatic heterocycles. The van der Waals surface area contributed by atoms with E-state index in [0.29, 0.717) is 28.9 Å². The van der Waals surface area contributed by atoms with Crippen molar-refractivity contribution in [2.75, 3.05) is 11.9 Å². The zero-order chi connectivity index (χ0) is 23.1. The number of rotatable bonds is 8. The van der Waals surface area contributed by atoms with Crippen molar-refractivity contribution in [3.05, 3.63) is 71.1 Å². The second kappa shape index (κ2) is 10.8. The average molecular weight is 462 g/mol. The maximum atomic E-state index is 13.1. The fraction of sp³-hybridized carbons (Fsp3) is 0.348. The van der Waals surface area contributed by atoms with E-state index in [9.17, 15) is 9.50 Å². The summed E-state index contributed by atoms with van der Waals surface area (Å²) >= 11 is 5.95. The van der Waals surface area contributed by atoms with Gasteiger partial charge in [-0.05, 0) is 74.2 Å². The molecule has 0 heterocycles. The van der Waals surface area contributed by atoms with Crippen molar-refractivity contribution in [2.24, 2.45) is 17.2 Å². The van der Waals surface area contributed by atoms with Crippen LogP contribution in [0.2, 0.25) is 5.02 Å². The van der Waals surface area contributed by atoms with E-state index >= 15 is 0 Å². The number of amidine groups is 1. The highest BCUT2D eigenvalue weighted by molar-refractivity contribution is 6.30. The fourth-order valence-electron chi connectivity index (χ4n) is 3.82. The first kappa shape index (κ1) is 24.0. The van der Waals surface area contributed by atoms with Gasteiger partial charge >= 0.3 is 0 Å². The SMILES string of the molecule is NCC1(N/C=C(\C(N)=[NH+]c2ccc(F)cc2)[C@H](N)O)CCC(Nc2ccc(Cl)cc2)CC1. The minimum atomic E-state index is -1.30. The Hall–Kier alpha value is -2.65. The number of anilines is 1. The molecule has 0 bridgehead atoms. The molecule has 10 N–H and O–H groups in total. The first-order chi connectivity index (χ1) is 15.3. The van der Waals surface area contributed by atoms with Gasteiger partial charge in [0.25, 0.3) is 5.84 Å². The highest BCUT2D eigenvalue weighted by Gasteiger charge is 2.34. The Balaban J connectivity index is 1.66. The van der Waals surface area contributed by atoms with Gasteiger partial charge < -0.3 is 27.2 Å². The van der Waals surface area contributed by atoms with E-state index < -0.39 is 6.23 Å². The molecule has 0 amide bonds. The van der Waals surface area contributed by atoms with Gasteiger partial charge in [-0.2, -0.15) is 0 Å². The molecule has 2 aromatic rings. The van der Waals surface area contributed by atoms with E-state index in [4.69, 9.17) is 28.8 Å². The second-order valence-corrected chi connectivity index (χ2v) is 8.58. The lowest BCUT2D eigenvalue weighted by Crippen LogP contribution is -2.71. The molecule has 1 aliphatic rings. The van der Waals surface area contributed by atoms with Crippen LogP contribution in [0.4, 0.5) is 15.8 Å². The standard InChI is InChI=1S/C23H30ClFN6O/c24-15-1-5-17(6-2-15)30-19-9-11-23(14-26,12-10-19)29-13-20(22(28)32)21(27)31-18-7-3-16(25)4-8-18/h1-8,13,19,22,29-30,32H,9-12,14,26,28H2,(H2,27,31)/p+1/b20-13+/t19?,22-,23?/m1/s1. The second-order valence-electron chi connectivity index (χ2n) is 8.14. The first-order valence-electron chi connectivity index (χ1n) is 10.6. The summed E-state index contributed by atoms with van der Waals surface area (Å²) in [4.78, 5) is 2.94. The maximum Gasteiger partial charge on any atom is 0.279 e. The Labute approximate surface area is 192 Å². The van der Waals surface area contributed by atoms with Gasteiger partial charge in [0.2, 0.25) is 0 Å². The molecule has 2 aromatic carbocycles. The molecule has 32 heavy (non-hydrogen) atoms. The molecule has 0 saturated heterocycles. The van der Waals surface area contributed by atoms with Crippen LogP contribution < -0.4 is 32.8 Å². The summed E-state index contributed by atoms with van der Waals surface area (Å²) in [5, 5.41) is 17.6. The van der Waals surface area contributed by atoms with E-state index in [1.807, 2.05) is 24.3 Å². The molecule has 1 aliphatic carbocycles. The number of benzene rings is 2. The number of halogens is 2. The highest BCUT2D eigenvalue weighted by atomic mass is 35.5. The molecule has 0 aliphatic heterocycles. The lowest BCUT2D eigenvalue weighted by Gasteiger charge is -2.40. The lowest BCUT2D eigenvalue weighted by molar-refractivity contribution is -0.354. The molecule has 9 heteroatoms. The van der Waals surface area contributed by atoms with Crippen molar-refractivity contribution in [3.8, 4) is 0 Å². The van der Waals surface area contributed by atoms with Gasteiger partial charge in [-0.25, -0.2) is 9.38 Å². The fourth-order valence-corrected chi connectivity index (χ4v) is 3.94. The molecular formula is C23H31ClFN6O+. The predicted molar refractivity (Wildman–Crippen MR) is 127 cm³/mol. The van der Waals surface area contributed by atoms with E-state index in [2.05, 4.69) is 15.6 Å². The van der Waals surface area contributed by atoms with Crippen LogP contribution in [0, 0.1) is 5.82 Å². The summed E-state index contributed by atoms with van der Waals surface area (Å²) in [7, 11) is 0. The van der Waals surface area contributed by atoms with Crippen molar-refractivity contribution in [1.82, 2.24) is 5.32 Å².